The molecular weight excluding hydrogens is 460 g/mol. The molecule has 0 saturated carbocycles. The molecular formula is C24H19ClN4O3S. The van der Waals surface area contributed by atoms with E-state index >= 15 is 0 Å². The topological polar surface area (TPSA) is 89.4 Å². The van der Waals surface area contributed by atoms with Crippen molar-refractivity contribution in [2.45, 2.75) is 17.1 Å². The Balaban J connectivity index is 1.49. The highest BCUT2D eigenvalue weighted by atomic mass is 35.5. The van der Waals surface area contributed by atoms with Crippen LogP contribution < -0.4 is 14.8 Å². The van der Waals surface area contributed by atoms with Crippen LogP contribution in [0.1, 0.15) is 17.4 Å². The largest absolute Gasteiger partial charge is 0.504 e. The van der Waals surface area contributed by atoms with Gasteiger partial charge in [-0.3, -0.25) is 0 Å². The molecule has 9 heteroatoms. The molecule has 33 heavy (non-hydrogen) atoms. The van der Waals surface area contributed by atoms with E-state index in [2.05, 4.69) is 20.5 Å². The average molecular weight is 479 g/mol. The summed E-state index contributed by atoms with van der Waals surface area (Å²) in [6.07, 6.45) is -0.576. The number of ether oxygens (including phenoxy) is 2. The molecule has 0 aliphatic carbocycles. The number of phenolic OH excluding ortho intramolecular Hbond substituents is 1. The van der Waals surface area contributed by atoms with Crippen LogP contribution in [0.3, 0.4) is 0 Å². The second kappa shape index (κ2) is 9.17. The molecule has 1 aliphatic rings. The third-order valence-electron chi connectivity index (χ3n) is 5.12. The zero-order valence-corrected chi connectivity index (χ0v) is 19.1. The first-order valence-corrected chi connectivity index (χ1v) is 11.5. The molecule has 1 atom stereocenters. The number of hydrogen-bond donors (Lipinski definition) is 2. The van der Waals surface area contributed by atoms with Crippen molar-refractivity contribution < 1.29 is 14.6 Å². The minimum absolute atomic E-state index is 0.0561. The maximum Gasteiger partial charge on any atom is 0.247 e. The Bertz CT molecular complexity index is 1300. The number of benzene rings is 3. The zero-order chi connectivity index (χ0) is 22.8. The van der Waals surface area contributed by atoms with E-state index in [9.17, 15) is 5.11 Å². The van der Waals surface area contributed by atoms with Crippen molar-refractivity contribution in [3.05, 3.63) is 82.9 Å². The number of anilines is 1. The van der Waals surface area contributed by atoms with Crippen LogP contribution in [0.2, 0.25) is 5.02 Å². The van der Waals surface area contributed by atoms with Gasteiger partial charge in [-0.1, -0.05) is 53.7 Å². The van der Waals surface area contributed by atoms with Gasteiger partial charge in [-0.25, -0.2) is 0 Å². The molecule has 7 nitrogen and oxygen atoms in total. The highest BCUT2D eigenvalue weighted by Crippen LogP contribution is 2.40. The number of hydrogen-bond acceptors (Lipinski definition) is 8. The molecule has 166 valence electrons. The van der Waals surface area contributed by atoms with E-state index < -0.39 is 6.23 Å². The van der Waals surface area contributed by atoms with Crippen LogP contribution in [0, 0.1) is 0 Å². The molecule has 3 aromatic carbocycles. The predicted octanol–water partition coefficient (Wildman–Crippen LogP) is 5.70. The van der Waals surface area contributed by atoms with E-state index in [0.717, 1.165) is 22.4 Å². The minimum atomic E-state index is -0.576. The van der Waals surface area contributed by atoms with Crippen molar-refractivity contribution in [3.8, 4) is 28.6 Å². The Hall–Kier alpha value is -3.49. The Morgan fingerprint density at radius 2 is 1.91 bits per heavy atom. The summed E-state index contributed by atoms with van der Waals surface area (Å²) in [4.78, 5) is 4.66. The highest BCUT2D eigenvalue weighted by molar-refractivity contribution is 7.98. The average Bonchev–Trinajstić information content (AvgIpc) is 3.00. The van der Waals surface area contributed by atoms with Crippen LogP contribution in [-0.2, 0) is 5.75 Å². The van der Waals surface area contributed by atoms with Gasteiger partial charge in [0.15, 0.2) is 23.4 Å². The van der Waals surface area contributed by atoms with Crippen molar-refractivity contribution in [2.75, 3.05) is 12.4 Å². The Kier molecular flexibility index (Phi) is 5.93. The minimum Gasteiger partial charge on any atom is -0.504 e. The van der Waals surface area contributed by atoms with Gasteiger partial charge in [0.25, 0.3) is 0 Å². The molecule has 0 spiro atoms. The second-order valence-corrected chi connectivity index (χ2v) is 8.66. The lowest BCUT2D eigenvalue weighted by atomic mass is 10.1. The maximum absolute atomic E-state index is 9.98. The summed E-state index contributed by atoms with van der Waals surface area (Å²) in [6.45, 7) is 0. The van der Waals surface area contributed by atoms with Gasteiger partial charge in [0.05, 0.1) is 7.11 Å². The molecule has 2 heterocycles. The number of halogens is 1. The van der Waals surface area contributed by atoms with Gasteiger partial charge in [0.2, 0.25) is 11.0 Å². The van der Waals surface area contributed by atoms with Gasteiger partial charge in [-0.15, -0.1) is 10.2 Å². The summed E-state index contributed by atoms with van der Waals surface area (Å²) in [5.74, 6) is 1.46. The molecule has 0 amide bonds. The van der Waals surface area contributed by atoms with Crippen molar-refractivity contribution in [1.29, 1.82) is 0 Å². The van der Waals surface area contributed by atoms with Crippen LogP contribution in [-0.4, -0.2) is 27.4 Å². The van der Waals surface area contributed by atoms with E-state index in [0.29, 0.717) is 33.3 Å². The van der Waals surface area contributed by atoms with Gasteiger partial charge in [-0.05, 0) is 42.0 Å². The predicted molar refractivity (Wildman–Crippen MR) is 128 cm³/mol. The maximum atomic E-state index is 9.98. The van der Waals surface area contributed by atoms with Crippen LogP contribution in [0.5, 0.6) is 17.4 Å². The van der Waals surface area contributed by atoms with Crippen molar-refractivity contribution in [1.82, 2.24) is 15.2 Å². The first-order valence-electron chi connectivity index (χ1n) is 10.1. The number of phenols is 1. The SMILES string of the molecule is COc1cc(C2Nc3ccccc3-c3nnc(SCc4ccc(Cl)cc4)nc3O2)ccc1O. The molecule has 4 aromatic rings. The summed E-state index contributed by atoms with van der Waals surface area (Å²) in [5.41, 5.74) is 4.11. The Morgan fingerprint density at radius 1 is 1.09 bits per heavy atom. The summed E-state index contributed by atoms with van der Waals surface area (Å²) in [5, 5.41) is 23.3. The van der Waals surface area contributed by atoms with E-state index in [1.165, 1.54) is 18.9 Å². The second-order valence-electron chi connectivity index (χ2n) is 7.28. The van der Waals surface area contributed by atoms with Gasteiger partial charge in [-0.2, -0.15) is 4.98 Å². The first-order chi connectivity index (χ1) is 16.1. The number of nitrogens with one attached hydrogen (secondary N) is 1. The first kappa shape index (κ1) is 21.4. The quantitative estimate of drug-likeness (QED) is 0.353. The molecule has 5 rings (SSSR count). The highest BCUT2D eigenvalue weighted by Gasteiger charge is 2.26. The number of methoxy groups -OCH3 is 1. The van der Waals surface area contributed by atoms with Gasteiger partial charge >= 0.3 is 0 Å². The van der Waals surface area contributed by atoms with E-state index in [1.54, 1.807) is 18.2 Å². The van der Waals surface area contributed by atoms with Crippen molar-refractivity contribution in [3.63, 3.8) is 0 Å². The van der Waals surface area contributed by atoms with Crippen molar-refractivity contribution >= 4 is 29.1 Å². The smallest absolute Gasteiger partial charge is 0.247 e. The third kappa shape index (κ3) is 4.53. The van der Waals surface area contributed by atoms with Crippen LogP contribution in [0.25, 0.3) is 11.3 Å². The summed E-state index contributed by atoms with van der Waals surface area (Å²) < 4.78 is 11.5. The molecule has 1 aliphatic heterocycles. The van der Waals surface area contributed by atoms with E-state index in [4.69, 9.17) is 21.1 Å². The van der Waals surface area contributed by atoms with Gasteiger partial charge in [0.1, 0.15) is 0 Å². The molecule has 0 radical (unpaired) electrons. The fourth-order valence-corrected chi connectivity index (χ4v) is 4.31. The van der Waals surface area contributed by atoms with E-state index in [-0.39, 0.29) is 5.75 Å². The number of nitrogens with zero attached hydrogens (tertiary/aromatic N) is 3. The van der Waals surface area contributed by atoms with Crippen LogP contribution >= 0.6 is 23.4 Å². The molecule has 0 fully saturated rings. The molecule has 1 aromatic heterocycles. The summed E-state index contributed by atoms with van der Waals surface area (Å²) >= 11 is 7.44. The molecule has 1 unspecified atom stereocenters. The lowest BCUT2D eigenvalue weighted by Gasteiger charge is -2.20. The lowest BCUT2D eigenvalue weighted by Crippen LogP contribution is -2.17. The van der Waals surface area contributed by atoms with Crippen molar-refractivity contribution in [2.24, 2.45) is 0 Å². The monoisotopic (exact) mass is 478 g/mol. The zero-order valence-electron chi connectivity index (χ0n) is 17.5. The number of rotatable bonds is 5. The summed E-state index contributed by atoms with van der Waals surface area (Å²) in [6, 6.07) is 20.5. The van der Waals surface area contributed by atoms with Crippen LogP contribution in [0.4, 0.5) is 5.69 Å². The van der Waals surface area contributed by atoms with E-state index in [1.807, 2.05) is 48.5 Å². The third-order valence-corrected chi connectivity index (χ3v) is 6.28. The number of aromatic nitrogens is 3. The lowest BCUT2D eigenvalue weighted by molar-refractivity contribution is 0.224. The number of fused-ring (bicyclic) bond motifs is 3. The van der Waals surface area contributed by atoms with Gasteiger partial charge < -0.3 is 19.9 Å². The summed E-state index contributed by atoms with van der Waals surface area (Å²) in [7, 11) is 1.51. The Morgan fingerprint density at radius 3 is 2.73 bits per heavy atom. The van der Waals surface area contributed by atoms with Gasteiger partial charge in [0, 0.05) is 27.6 Å². The fraction of sp³-hybridized carbons (Fsp3) is 0.125. The fourth-order valence-electron chi connectivity index (χ4n) is 3.45. The number of aromatic hydroxyl groups is 1. The molecule has 0 bridgehead atoms. The number of thioether (sulfide) groups is 1. The molecule has 2 N–H and O–H groups in total. The molecule has 0 saturated heterocycles. The standard InChI is InChI=1S/C24H19ClN4O3S/c1-31-20-12-15(8-11-19(20)30)22-26-18-5-3-2-4-17(18)21-23(32-22)27-24(29-28-21)33-13-14-6-9-16(25)10-7-14/h2-12,22,26,30H,13H2,1H3. The normalized spacial score (nSPS) is 14.3. The number of para-hydroxylation sites is 1. The Labute approximate surface area is 199 Å². The van der Waals surface area contributed by atoms with Crippen LogP contribution in [0.15, 0.2) is 71.9 Å².